The molecule has 3 rings (SSSR count). The van der Waals surface area contributed by atoms with Crippen LogP contribution in [-0.4, -0.2) is 42.3 Å². The lowest BCUT2D eigenvalue weighted by molar-refractivity contribution is -0.143. The summed E-state index contributed by atoms with van der Waals surface area (Å²) in [6.45, 7) is 8.56. The van der Waals surface area contributed by atoms with Crippen LogP contribution >= 0.6 is 0 Å². The number of hydrogen-bond acceptors (Lipinski definition) is 3. The second kappa shape index (κ2) is 4.79. The van der Waals surface area contributed by atoms with Gasteiger partial charge in [0.2, 0.25) is 0 Å². The van der Waals surface area contributed by atoms with Gasteiger partial charge in [-0.3, -0.25) is 4.90 Å². The van der Waals surface area contributed by atoms with Crippen molar-refractivity contribution in [2.75, 3.05) is 26.2 Å². The van der Waals surface area contributed by atoms with E-state index in [-0.39, 0.29) is 22.8 Å². The van der Waals surface area contributed by atoms with Crippen LogP contribution in [0.5, 0.6) is 0 Å². The van der Waals surface area contributed by atoms with Gasteiger partial charge < -0.3 is 10.4 Å². The first kappa shape index (κ1) is 14.0. The second-order valence-electron chi connectivity index (χ2n) is 7.09. The molecule has 0 spiro atoms. The summed E-state index contributed by atoms with van der Waals surface area (Å²) >= 11 is 0. The summed E-state index contributed by atoms with van der Waals surface area (Å²) in [5, 5.41) is 14.1. The Bertz CT molecular complexity index is 472. The third-order valence-corrected chi connectivity index (χ3v) is 4.87. The maximum atomic E-state index is 13.0. The van der Waals surface area contributed by atoms with E-state index in [1.54, 1.807) is 0 Å². The highest BCUT2D eigenvalue weighted by Crippen LogP contribution is 2.43. The fraction of sp³-hybridized carbons (Fsp3) is 0.625. The van der Waals surface area contributed by atoms with E-state index in [1.165, 1.54) is 12.1 Å². The standard InChI is InChI=1S/C16H23FN2O/c1-15-8-18-9-16(2,14(15)20)11-19(10-15)7-12-3-5-13(17)6-4-12/h3-6,14,18,20H,7-11H2,1-2H3/t14?,15-,16+. The molecule has 2 aliphatic heterocycles. The summed E-state index contributed by atoms with van der Waals surface area (Å²) in [7, 11) is 0. The van der Waals surface area contributed by atoms with E-state index in [9.17, 15) is 9.50 Å². The van der Waals surface area contributed by atoms with E-state index < -0.39 is 0 Å². The lowest BCUT2D eigenvalue weighted by atomic mass is 9.63. The smallest absolute Gasteiger partial charge is 0.123 e. The zero-order valence-electron chi connectivity index (χ0n) is 12.2. The topological polar surface area (TPSA) is 35.5 Å². The number of nitrogens with zero attached hydrogens (tertiary/aromatic N) is 1. The fourth-order valence-electron chi connectivity index (χ4n) is 3.99. The molecular formula is C16H23FN2O. The van der Waals surface area contributed by atoms with Gasteiger partial charge >= 0.3 is 0 Å². The van der Waals surface area contributed by atoms with Crippen molar-refractivity contribution < 1.29 is 9.50 Å². The van der Waals surface area contributed by atoms with E-state index in [1.807, 2.05) is 12.1 Å². The predicted octanol–water partition coefficient (Wildman–Crippen LogP) is 1.62. The Balaban J connectivity index is 1.77. The molecule has 2 aliphatic rings. The summed E-state index contributed by atoms with van der Waals surface area (Å²) < 4.78 is 13.0. The average Bonchev–Trinajstić information content (AvgIpc) is 2.37. The zero-order valence-corrected chi connectivity index (χ0v) is 12.2. The van der Waals surface area contributed by atoms with Gasteiger partial charge in [-0.1, -0.05) is 26.0 Å². The Morgan fingerprint density at radius 2 is 1.75 bits per heavy atom. The van der Waals surface area contributed by atoms with Gasteiger partial charge in [-0.05, 0) is 17.7 Å². The van der Waals surface area contributed by atoms with Crippen LogP contribution < -0.4 is 5.32 Å². The minimum Gasteiger partial charge on any atom is -0.392 e. The van der Waals surface area contributed by atoms with Crippen LogP contribution in [0, 0.1) is 16.6 Å². The minimum absolute atomic E-state index is 0.106. The molecule has 3 nitrogen and oxygen atoms in total. The maximum absolute atomic E-state index is 13.0. The number of benzene rings is 1. The molecule has 1 aromatic carbocycles. The molecule has 0 radical (unpaired) electrons. The van der Waals surface area contributed by atoms with Crippen molar-refractivity contribution in [3.05, 3.63) is 35.6 Å². The molecule has 20 heavy (non-hydrogen) atoms. The van der Waals surface area contributed by atoms with Gasteiger partial charge in [0.25, 0.3) is 0 Å². The van der Waals surface area contributed by atoms with Crippen molar-refractivity contribution in [1.82, 2.24) is 10.2 Å². The summed E-state index contributed by atoms with van der Waals surface area (Å²) in [5.74, 6) is -0.192. The van der Waals surface area contributed by atoms with Gasteiger partial charge in [0.15, 0.2) is 0 Å². The molecule has 0 saturated carbocycles. The maximum Gasteiger partial charge on any atom is 0.123 e. The summed E-state index contributed by atoms with van der Waals surface area (Å²) in [6, 6.07) is 6.72. The zero-order chi connectivity index (χ0) is 14.4. The molecule has 2 saturated heterocycles. The molecule has 2 bridgehead atoms. The van der Waals surface area contributed by atoms with E-state index in [4.69, 9.17) is 0 Å². The Kier molecular flexibility index (Phi) is 3.35. The van der Waals surface area contributed by atoms with Crippen molar-refractivity contribution >= 4 is 0 Å². The SMILES string of the molecule is C[C@]12CNC[C@](C)(CN(Cc3ccc(F)cc3)C1)C2O. The monoisotopic (exact) mass is 278 g/mol. The third-order valence-electron chi connectivity index (χ3n) is 4.87. The van der Waals surface area contributed by atoms with Crippen LogP contribution in [0.25, 0.3) is 0 Å². The Hall–Kier alpha value is -0.970. The first-order valence-electron chi connectivity index (χ1n) is 7.27. The molecule has 0 amide bonds. The van der Waals surface area contributed by atoms with E-state index in [2.05, 4.69) is 24.1 Å². The molecule has 0 aliphatic carbocycles. The molecule has 2 fully saturated rings. The number of hydrogen-bond donors (Lipinski definition) is 2. The lowest BCUT2D eigenvalue weighted by Gasteiger charge is -2.57. The van der Waals surface area contributed by atoms with Crippen molar-refractivity contribution in [3.63, 3.8) is 0 Å². The second-order valence-corrected chi connectivity index (χ2v) is 7.09. The molecule has 4 heteroatoms. The van der Waals surface area contributed by atoms with Crippen molar-refractivity contribution in [1.29, 1.82) is 0 Å². The average molecular weight is 278 g/mol. The van der Waals surface area contributed by atoms with Crippen LogP contribution in [0.3, 0.4) is 0 Å². The molecule has 1 unspecified atom stereocenters. The van der Waals surface area contributed by atoms with Crippen LogP contribution in [-0.2, 0) is 6.54 Å². The number of nitrogens with one attached hydrogen (secondary N) is 1. The van der Waals surface area contributed by atoms with Gasteiger partial charge in [0.05, 0.1) is 6.10 Å². The molecule has 2 N–H and O–H groups in total. The van der Waals surface area contributed by atoms with Crippen LogP contribution in [0.4, 0.5) is 4.39 Å². The first-order valence-corrected chi connectivity index (χ1v) is 7.27. The highest BCUT2D eigenvalue weighted by atomic mass is 19.1. The Labute approximate surface area is 119 Å². The van der Waals surface area contributed by atoms with Gasteiger partial charge in [0, 0.05) is 43.6 Å². The quantitative estimate of drug-likeness (QED) is 0.863. The third kappa shape index (κ3) is 2.36. The minimum atomic E-state index is -0.263. The first-order chi connectivity index (χ1) is 9.41. The number of likely N-dealkylation sites (tertiary alicyclic amines) is 1. The lowest BCUT2D eigenvalue weighted by Crippen LogP contribution is -2.69. The van der Waals surface area contributed by atoms with E-state index in [0.29, 0.717) is 0 Å². The molecule has 2 heterocycles. The Morgan fingerprint density at radius 1 is 1.20 bits per heavy atom. The number of aliphatic hydroxyl groups is 1. The number of fused-ring (bicyclic) bond motifs is 2. The number of halogens is 1. The van der Waals surface area contributed by atoms with Gasteiger partial charge in [-0.15, -0.1) is 0 Å². The summed E-state index contributed by atoms with van der Waals surface area (Å²) in [5.41, 5.74) is 0.914. The largest absolute Gasteiger partial charge is 0.392 e. The van der Waals surface area contributed by atoms with Crippen molar-refractivity contribution in [2.24, 2.45) is 10.8 Å². The fourth-order valence-corrected chi connectivity index (χ4v) is 3.99. The number of rotatable bonds is 2. The highest BCUT2D eigenvalue weighted by molar-refractivity contribution is 5.17. The molecule has 110 valence electrons. The van der Waals surface area contributed by atoms with Gasteiger partial charge in [-0.2, -0.15) is 0 Å². The Morgan fingerprint density at radius 3 is 2.30 bits per heavy atom. The number of aliphatic hydroxyl groups excluding tert-OH is 1. The van der Waals surface area contributed by atoms with Gasteiger partial charge in [0.1, 0.15) is 5.82 Å². The molecule has 0 aromatic heterocycles. The number of piperidine rings is 2. The van der Waals surface area contributed by atoms with Crippen molar-refractivity contribution in [2.45, 2.75) is 26.5 Å². The van der Waals surface area contributed by atoms with Crippen LogP contribution in [0.2, 0.25) is 0 Å². The molecule has 1 aromatic rings. The summed E-state index contributed by atoms with van der Waals surface area (Å²) in [6.07, 6.45) is -0.263. The van der Waals surface area contributed by atoms with Crippen molar-refractivity contribution in [3.8, 4) is 0 Å². The van der Waals surface area contributed by atoms with E-state index in [0.717, 1.165) is 38.3 Å². The van der Waals surface area contributed by atoms with E-state index >= 15 is 0 Å². The normalized spacial score (nSPS) is 37.9. The van der Waals surface area contributed by atoms with Crippen LogP contribution in [0.1, 0.15) is 19.4 Å². The van der Waals surface area contributed by atoms with Crippen LogP contribution in [0.15, 0.2) is 24.3 Å². The summed E-state index contributed by atoms with van der Waals surface area (Å²) in [4.78, 5) is 2.39. The molecular weight excluding hydrogens is 255 g/mol. The van der Waals surface area contributed by atoms with Gasteiger partial charge in [-0.25, -0.2) is 4.39 Å². The predicted molar refractivity (Wildman–Crippen MR) is 76.8 cm³/mol. The molecule has 3 atom stereocenters. The highest BCUT2D eigenvalue weighted by Gasteiger charge is 2.53.